The normalized spacial score (nSPS) is 17.4. The number of H-pyrrole nitrogens is 1. The second kappa shape index (κ2) is 6.26. The predicted octanol–water partition coefficient (Wildman–Crippen LogP) is 5.15. The summed E-state index contributed by atoms with van der Waals surface area (Å²) in [6, 6.07) is 7.78. The Balaban J connectivity index is 1.96. The molecule has 1 atom stereocenters. The highest BCUT2D eigenvalue weighted by Crippen LogP contribution is 2.39. The van der Waals surface area contributed by atoms with Gasteiger partial charge in [0.1, 0.15) is 0 Å². The Hall–Kier alpha value is -0.590. The minimum absolute atomic E-state index is 0.0274. The van der Waals surface area contributed by atoms with Gasteiger partial charge in [0.2, 0.25) is 5.56 Å². The molecule has 0 bridgehead atoms. The molecule has 0 radical (unpaired) electrons. The van der Waals surface area contributed by atoms with E-state index in [1.165, 1.54) is 5.56 Å². The zero-order valence-electron chi connectivity index (χ0n) is 11.1. The van der Waals surface area contributed by atoms with Gasteiger partial charge in [0.15, 0.2) is 0 Å². The lowest BCUT2D eigenvalue weighted by molar-refractivity contribution is 0.586. The molecule has 1 heterocycles. The summed E-state index contributed by atoms with van der Waals surface area (Å²) < 4.78 is 3.01. The monoisotopic (exact) mass is 474 g/mol. The van der Waals surface area contributed by atoms with Crippen molar-refractivity contribution in [1.29, 1.82) is 0 Å². The highest BCUT2D eigenvalue weighted by atomic mass is 79.9. The summed E-state index contributed by atoms with van der Waals surface area (Å²) in [5.41, 5.74) is 3.24. The van der Waals surface area contributed by atoms with Crippen molar-refractivity contribution in [2.45, 2.75) is 25.3 Å². The number of aromatic nitrogens is 1. The molecule has 2 N–H and O–H groups in total. The molecule has 0 saturated heterocycles. The van der Waals surface area contributed by atoms with E-state index in [1.54, 1.807) is 6.07 Å². The molecule has 1 aliphatic rings. The number of hydrogen-bond acceptors (Lipinski definition) is 2. The number of pyridine rings is 1. The van der Waals surface area contributed by atoms with Gasteiger partial charge in [-0.2, -0.15) is 0 Å². The van der Waals surface area contributed by atoms with Crippen LogP contribution in [0.15, 0.2) is 42.5 Å². The van der Waals surface area contributed by atoms with Gasteiger partial charge in [-0.15, -0.1) is 0 Å². The largest absolute Gasteiger partial charge is 0.376 e. The maximum atomic E-state index is 11.5. The van der Waals surface area contributed by atoms with Gasteiger partial charge in [-0.05, 0) is 74.9 Å². The van der Waals surface area contributed by atoms with Crippen LogP contribution in [0.4, 0.5) is 5.69 Å². The van der Waals surface area contributed by atoms with Crippen molar-refractivity contribution in [1.82, 2.24) is 4.98 Å². The van der Waals surface area contributed by atoms with Gasteiger partial charge in [0, 0.05) is 25.2 Å². The van der Waals surface area contributed by atoms with E-state index in [-0.39, 0.29) is 11.6 Å². The fourth-order valence-corrected chi connectivity index (χ4v) is 5.19. The third kappa shape index (κ3) is 3.27. The van der Waals surface area contributed by atoms with Crippen LogP contribution in [0.2, 0.25) is 0 Å². The number of aryl methyl sites for hydroxylation is 1. The molecule has 1 aliphatic carbocycles. The second-order valence-corrected chi connectivity index (χ2v) is 7.71. The van der Waals surface area contributed by atoms with Crippen LogP contribution in [0.25, 0.3) is 0 Å². The Bertz CT molecular complexity index is 719. The zero-order valence-corrected chi connectivity index (χ0v) is 15.8. The number of benzene rings is 1. The molecule has 1 aromatic carbocycles. The van der Waals surface area contributed by atoms with Crippen LogP contribution in [0.5, 0.6) is 0 Å². The minimum Gasteiger partial charge on any atom is -0.376 e. The summed E-state index contributed by atoms with van der Waals surface area (Å²) in [5.74, 6) is 0. The molecule has 1 aromatic heterocycles. The molecule has 21 heavy (non-hydrogen) atoms. The van der Waals surface area contributed by atoms with E-state index in [4.69, 9.17) is 0 Å². The summed E-state index contributed by atoms with van der Waals surface area (Å²) in [5, 5.41) is 3.58. The highest BCUT2D eigenvalue weighted by Gasteiger charge is 2.22. The highest BCUT2D eigenvalue weighted by molar-refractivity contribution is 9.11. The van der Waals surface area contributed by atoms with Crippen LogP contribution in [0.1, 0.15) is 30.1 Å². The topological polar surface area (TPSA) is 44.9 Å². The van der Waals surface area contributed by atoms with Crippen LogP contribution >= 0.6 is 47.8 Å². The van der Waals surface area contributed by atoms with Crippen molar-refractivity contribution in [3.63, 3.8) is 0 Å². The Morgan fingerprint density at radius 2 is 1.86 bits per heavy atom. The lowest BCUT2D eigenvalue weighted by Crippen LogP contribution is -2.21. The lowest BCUT2D eigenvalue weighted by atomic mass is 9.91. The van der Waals surface area contributed by atoms with Gasteiger partial charge in [-0.1, -0.05) is 15.9 Å². The summed E-state index contributed by atoms with van der Waals surface area (Å²) in [6.45, 7) is 0. The molecule has 0 amide bonds. The Labute approximate surface area is 147 Å². The quantitative estimate of drug-likeness (QED) is 0.629. The molecular formula is C15H13Br3N2O. The first kappa shape index (κ1) is 15.3. The molecule has 3 nitrogen and oxygen atoms in total. The fraction of sp³-hybridized carbons (Fsp3) is 0.267. The van der Waals surface area contributed by atoms with Gasteiger partial charge in [-0.3, -0.25) is 4.79 Å². The van der Waals surface area contributed by atoms with Crippen molar-refractivity contribution >= 4 is 53.5 Å². The molecule has 0 aliphatic heterocycles. The number of anilines is 1. The number of hydrogen-bond donors (Lipinski definition) is 2. The maximum Gasteiger partial charge on any atom is 0.248 e. The number of nitrogens with one attached hydrogen (secondary N) is 2. The average molecular weight is 477 g/mol. The Kier molecular flexibility index (Phi) is 4.57. The summed E-state index contributed by atoms with van der Waals surface area (Å²) in [6.07, 6.45) is 3.05. The van der Waals surface area contributed by atoms with E-state index in [1.807, 2.05) is 18.2 Å². The third-order valence-electron chi connectivity index (χ3n) is 3.66. The van der Waals surface area contributed by atoms with Crippen LogP contribution in [0, 0.1) is 0 Å². The van der Waals surface area contributed by atoms with Crippen LogP contribution in [-0.2, 0) is 6.42 Å². The number of aromatic amines is 1. The van der Waals surface area contributed by atoms with E-state index in [9.17, 15) is 4.79 Å². The standard InChI is InChI=1S/C15H13Br3N2O/c16-8-6-10(17)15(11(18)7-8)20-13-3-1-2-12-9(13)4-5-14(21)19-12/h4-7,13,20H,1-3H2,(H,19,21). The third-order valence-corrected chi connectivity index (χ3v) is 5.37. The fourth-order valence-electron chi connectivity index (χ4n) is 2.70. The van der Waals surface area contributed by atoms with E-state index in [0.717, 1.165) is 44.1 Å². The second-order valence-electron chi connectivity index (χ2n) is 5.09. The summed E-state index contributed by atoms with van der Waals surface area (Å²) in [7, 11) is 0. The van der Waals surface area contributed by atoms with Gasteiger partial charge >= 0.3 is 0 Å². The van der Waals surface area contributed by atoms with Gasteiger partial charge in [0.25, 0.3) is 0 Å². The summed E-state index contributed by atoms with van der Waals surface area (Å²) in [4.78, 5) is 14.4. The molecular weight excluding hydrogens is 464 g/mol. The van der Waals surface area contributed by atoms with Crippen LogP contribution in [-0.4, -0.2) is 4.98 Å². The number of rotatable bonds is 2. The zero-order chi connectivity index (χ0) is 15.0. The van der Waals surface area contributed by atoms with Gasteiger partial charge in [-0.25, -0.2) is 0 Å². The minimum atomic E-state index is -0.0274. The average Bonchev–Trinajstić information content (AvgIpc) is 2.42. The van der Waals surface area contributed by atoms with Crippen molar-refractivity contribution in [2.24, 2.45) is 0 Å². The molecule has 110 valence electrons. The Morgan fingerprint density at radius 1 is 1.14 bits per heavy atom. The maximum absolute atomic E-state index is 11.5. The first-order valence-corrected chi connectivity index (χ1v) is 9.05. The molecule has 0 fully saturated rings. The number of halogens is 3. The number of fused-ring (bicyclic) bond motifs is 1. The van der Waals surface area contributed by atoms with E-state index < -0.39 is 0 Å². The molecule has 3 rings (SSSR count). The van der Waals surface area contributed by atoms with Crippen LogP contribution < -0.4 is 10.9 Å². The van der Waals surface area contributed by atoms with E-state index >= 15 is 0 Å². The van der Waals surface area contributed by atoms with E-state index in [2.05, 4.69) is 58.1 Å². The molecule has 1 unspecified atom stereocenters. The van der Waals surface area contributed by atoms with Gasteiger partial charge in [0.05, 0.1) is 11.7 Å². The first-order chi connectivity index (χ1) is 10.0. The van der Waals surface area contributed by atoms with E-state index in [0.29, 0.717) is 0 Å². The lowest BCUT2D eigenvalue weighted by Gasteiger charge is -2.27. The van der Waals surface area contributed by atoms with Crippen molar-refractivity contribution in [3.05, 3.63) is 59.3 Å². The van der Waals surface area contributed by atoms with Gasteiger partial charge < -0.3 is 10.3 Å². The smallest absolute Gasteiger partial charge is 0.248 e. The van der Waals surface area contributed by atoms with Crippen molar-refractivity contribution < 1.29 is 0 Å². The van der Waals surface area contributed by atoms with Crippen LogP contribution in [0.3, 0.4) is 0 Å². The van der Waals surface area contributed by atoms with Crippen molar-refractivity contribution in [2.75, 3.05) is 5.32 Å². The molecule has 2 aromatic rings. The predicted molar refractivity (Wildman–Crippen MR) is 95.9 cm³/mol. The summed E-state index contributed by atoms with van der Waals surface area (Å²) >= 11 is 10.7. The molecule has 0 saturated carbocycles. The Morgan fingerprint density at radius 3 is 2.57 bits per heavy atom. The van der Waals surface area contributed by atoms with Crippen molar-refractivity contribution in [3.8, 4) is 0 Å². The molecule has 6 heteroatoms. The molecule has 0 spiro atoms. The first-order valence-electron chi connectivity index (χ1n) is 6.68. The SMILES string of the molecule is O=c1ccc2c([nH]1)CCCC2Nc1c(Br)cc(Br)cc1Br.